The van der Waals surface area contributed by atoms with Gasteiger partial charge < -0.3 is 0 Å². The molecule has 0 fully saturated rings. The van der Waals surface area contributed by atoms with Crippen LogP contribution in [0.1, 0.15) is 0 Å². The fourth-order valence-corrected chi connectivity index (χ4v) is 0.632. The molecule has 0 rings (SSSR count). The molecule has 0 atom stereocenters. The van der Waals surface area contributed by atoms with Gasteiger partial charge in [0.15, 0.2) is 0 Å². The van der Waals surface area contributed by atoms with E-state index >= 15 is 0 Å². The van der Waals surface area contributed by atoms with Crippen molar-refractivity contribution >= 4 is 41.6 Å². The lowest BCUT2D eigenvalue weighted by Crippen LogP contribution is -2.10. The maximum atomic E-state index is 9.51. The predicted molar refractivity (Wildman–Crippen MR) is 53.6 cm³/mol. The molecule has 20 heteroatoms. The molecular formula is H6O16S4. The Hall–Kier alpha value is -0.520. The fraction of sp³-hybridized carbons (Fsp3) is 0. The molecular weight excluding hydrogens is 384 g/mol. The van der Waals surface area contributed by atoms with Crippen molar-refractivity contribution in [3.8, 4) is 0 Å². The Balaban J connectivity index is -0.000000244. The first-order valence-corrected chi connectivity index (χ1v) is 8.45. The molecule has 0 aliphatic carbocycles. The lowest BCUT2D eigenvalue weighted by Gasteiger charge is -1.92. The van der Waals surface area contributed by atoms with E-state index in [1.165, 1.54) is 0 Å². The third kappa shape index (κ3) is 113. The Bertz CT molecular complexity index is 571. The van der Waals surface area contributed by atoms with Crippen LogP contribution in [0, 0.1) is 0 Å². The molecule has 0 spiro atoms. The highest BCUT2D eigenvalue weighted by Gasteiger charge is 2.13. The quantitative estimate of drug-likeness (QED) is 0.161. The lowest BCUT2D eigenvalue weighted by atomic mass is 14.9. The van der Waals surface area contributed by atoms with E-state index in [1.54, 1.807) is 0 Å². The van der Waals surface area contributed by atoms with Crippen LogP contribution >= 0.6 is 0 Å². The van der Waals surface area contributed by atoms with Gasteiger partial charge in [-0.05, 0) is 0 Å². The van der Waals surface area contributed by atoms with Gasteiger partial charge in [0.1, 0.15) is 0 Å². The van der Waals surface area contributed by atoms with Crippen molar-refractivity contribution in [3.05, 3.63) is 0 Å². The number of hydrogen-bond acceptors (Lipinski definition) is 10. The molecule has 0 saturated carbocycles. The van der Waals surface area contributed by atoms with Crippen LogP contribution in [0.3, 0.4) is 0 Å². The Morgan fingerprint density at radius 2 is 0.550 bits per heavy atom. The maximum Gasteiger partial charge on any atom is 0.425 e. The van der Waals surface area contributed by atoms with Gasteiger partial charge in [0.05, 0.1) is 0 Å². The van der Waals surface area contributed by atoms with E-state index in [0.717, 1.165) is 0 Å². The molecule has 0 aliphatic heterocycles. The molecule has 0 aromatic heterocycles. The standard InChI is InChI=1S/H2O8S2.2H2O4S/c1-9(2,3)7-8-10(4,5)6;2*1-5(2,3)4/h(H,1,2,3)(H,4,5,6);2*(H2,1,2,3,4). The summed E-state index contributed by atoms with van der Waals surface area (Å²) >= 11 is 0. The molecule has 0 aromatic carbocycles. The Labute approximate surface area is 111 Å². The van der Waals surface area contributed by atoms with Gasteiger partial charge in [-0.3, -0.25) is 27.3 Å². The van der Waals surface area contributed by atoms with Crippen molar-refractivity contribution in [1.29, 1.82) is 0 Å². The molecule has 0 heterocycles. The summed E-state index contributed by atoms with van der Waals surface area (Å²) in [5.74, 6) is 0. The number of hydrogen-bond donors (Lipinski definition) is 6. The van der Waals surface area contributed by atoms with Gasteiger partial charge >= 0.3 is 41.6 Å². The van der Waals surface area contributed by atoms with Gasteiger partial charge in [-0.25, -0.2) is 0 Å². The Kier molecular flexibility index (Phi) is 10.7. The topological polar surface area (TPSA) is 276 Å². The van der Waals surface area contributed by atoms with Gasteiger partial charge in [-0.1, -0.05) is 8.67 Å². The second-order valence-electron chi connectivity index (χ2n) is 1.89. The molecule has 0 aliphatic rings. The zero-order valence-electron chi connectivity index (χ0n) is 8.40. The number of rotatable bonds is 3. The van der Waals surface area contributed by atoms with Crippen molar-refractivity contribution in [3.63, 3.8) is 0 Å². The van der Waals surface area contributed by atoms with Crippen LogP contribution in [-0.4, -0.2) is 61.0 Å². The molecule has 0 amide bonds. The molecule has 20 heavy (non-hydrogen) atoms. The first kappa shape index (κ1) is 24.5. The first-order chi connectivity index (χ1) is 8.21. The molecule has 0 unspecified atom stereocenters. The summed E-state index contributed by atoms with van der Waals surface area (Å²) < 4.78 is 122. The van der Waals surface area contributed by atoms with Crippen LogP contribution in [0.5, 0.6) is 0 Å². The zero-order chi connectivity index (χ0) is 17.4. The largest absolute Gasteiger partial charge is 0.425 e. The van der Waals surface area contributed by atoms with E-state index in [0.29, 0.717) is 0 Å². The van der Waals surface area contributed by atoms with Crippen LogP contribution < -0.4 is 0 Å². The predicted octanol–water partition coefficient (Wildman–Crippen LogP) is -2.77. The van der Waals surface area contributed by atoms with Crippen LogP contribution in [0.25, 0.3) is 0 Å². The van der Waals surface area contributed by atoms with E-state index in [-0.39, 0.29) is 0 Å². The summed E-state index contributed by atoms with van der Waals surface area (Å²) in [7, 11) is -19.4. The van der Waals surface area contributed by atoms with Crippen LogP contribution in [0.2, 0.25) is 0 Å². The Morgan fingerprint density at radius 3 is 0.600 bits per heavy atom. The van der Waals surface area contributed by atoms with E-state index < -0.39 is 41.6 Å². The van der Waals surface area contributed by atoms with Gasteiger partial charge in [0, 0.05) is 0 Å². The summed E-state index contributed by atoms with van der Waals surface area (Å²) in [4.78, 5) is 0. The average molecular weight is 390 g/mol. The highest BCUT2D eigenvalue weighted by Crippen LogP contribution is 1.92. The average Bonchev–Trinajstić information content (AvgIpc) is 1.90. The minimum absolute atomic E-state index is 2.78. The third-order valence-electron chi connectivity index (χ3n) is 0.200. The molecule has 6 N–H and O–H groups in total. The van der Waals surface area contributed by atoms with Gasteiger partial charge in [0.25, 0.3) is 0 Å². The van der Waals surface area contributed by atoms with E-state index in [4.69, 9.17) is 44.2 Å². The molecule has 0 saturated heterocycles. The smallest absolute Gasteiger partial charge is 0.264 e. The zero-order valence-corrected chi connectivity index (χ0v) is 11.7. The first-order valence-electron chi connectivity index (χ1n) is 2.93. The summed E-state index contributed by atoms with van der Waals surface area (Å²) in [5.41, 5.74) is 0. The normalized spacial score (nSPS) is 12.5. The summed E-state index contributed by atoms with van der Waals surface area (Å²) in [6.07, 6.45) is 0. The summed E-state index contributed by atoms with van der Waals surface area (Å²) in [6, 6.07) is 0. The Morgan fingerprint density at radius 1 is 0.450 bits per heavy atom. The second kappa shape index (κ2) is 8.70. The van der Waals surface area contributed by atoms with Gasteiger partial charge in [0.2, 0.25) is 0 Å². The fourth-order valence-electron chi connectivity index (χ4n) is 0.0702. The second-order valence-corrected chi connectivity index (χ2v) is 5.66. The monoisotopic (exact) mass is 390 g/mol. The minimum Gasteiger partial charge on any atom is -0.264 e. The van der Waals surface area contributed by atoms with Crippen molar-refractivity contribution in [2.45, 2.75) is 0 Å². The molecule has 126 valence electrons. The van der Waals surface area contributed by atoms with Crippen molar-refractivity contribution in [1.82, 2.24) is 0 Å². The highest BCUT2D eigenvalue weighted by molar-refractivity contribution is 7.83. The van der Waals surface area contributed by atoms with Crippen LogP contribution in [-0.2, 0) is 50.3 Å². The van der Waals surface area contributed by atoms with Gasteiger partial charge in [-0.15, -0.1) is 0 Å². The van der Waals surface area contributed by atoms with Crippen molar-refractivity contribution < 1.29 is 69.7 Å². The van der Waals surface area contributed by atoms with E-state index in [9.17, 15) is 16.8 Å². The summed E-state index contributed by atoms with van der Waals surface area (Å²) in [6.45, 7) is 0. The minimum atomic E-state index is -5.02. The van der Waals surface area contributed by atoms with E-state index in [1.807, 2.05) is 0 Å². The maximum absolute atomic E-state index is 9.51. The molecule has 16 nitrogen and oxygen atoms in total. The van der Waals surface area contributed by atoms with E-state index in [2.05, 4.69) is 8.67 Å². The highest BCUT2D eigenvalue weighted by atomic mass is 32.3. The molecule has 0 bridgehead atoms. The molecule has 0 aromatic rings. The van der Waals surface area contributed by atoms with Gasteiger partial charge in [-0.2, -0.15) is 33.7 Å². The van der Waals surface area contributed by atoms with Crippen LogP contribution in [0.15, 0.2) is 0 Å². The van der Waals surface area contributed by atoms with Crippen LogP contribution in [0.4, 0.5) is 0 Å². The molecule has 0 radical (unpaired) electrons. The van der Waals surface area contributed by atoms with Crippen molar-refractivity contribution in [2.24, 2.45) is 0 Å². The van der Waals surface area contributed by atoms with Crippen molar-refractivity contribution in [2.75, 3.05) is 0 Å². The third-order valence-corrected chi connectivity index (χ3v) is 0.766. The lowest BCUT2D eigenvalue weighted by molar-refractivity contribution is -0.105. The summed E-state index contributed by atoms with van der Waals surface area (Å²) in [5, 5.41) is 0. The SMILES string of the molecule is O=S(=O)(O)O.O=S(=O)(O)O.O=S(=O)(O)OOS(=O)(=O)O.